The van der Waals surface area contributed by atoms with Crippen LogP contribution in [-0.2, 0) is 0 Å². The number of halogens is 2. The van der Waals surface area contributed by atoms with Gasteiger partial charge in [-0.05, 0) is 63.6 Å². The number of amides is 1. The minimum absolute atomic E-state index is 0.0117. The lowest BCUT2D eigenvalue weighted by atomic mass is 10.0. The van der Waals surface area contributed by atoms with E-state index in [1.54, 1.807) is 0 Å². The highest BCUT2D eigenvalue weighted by Crippen LogP contribution is 2.32. The van der Waals surface area contributed by atoms with E-state index >= 15 is 0 Å². The third-order valence-corrected chi connectivity index (χ3v) is 5.68. The van der Waals surface area contributed by atoms with Crippen molar-refractivity contribution in [2.24, 2.45) is 5.92 Å². The molecule has 0 aromatic carbocycles. The van der Waals surface area contributed by atoms with Crippen LogP contribution in [0.4, 0.5) is 0 Å². The summed E-state index contributed by atoms with van der Waals surface area (Å²) in [5, 5.41) is 3.02. The van der Waals surface area contributed by atoms with Crippen molar-refractivity contribution in [3.05, 3.63) is 19.2 Å². The summed E-state index contributed by atoms with van der Waals surface area (Å²) < 4.78 is 1.89. The van der Waals surface area contributed by atoms with E-state index in [0.717, 1.165) is 26.0 Å². The number of carbonyl (C=O) groups excluding carboxylic acids is 1. The molecule has 2 nitrogen and oxygen atoms in total. The minimum atomic E-state index is 0.0117. The monoisotopic (exact) mass is 381 g/mol. The third-order valence-electron chi connectivity index (χ3n) is 2.42. The van der Waals surface area contributed by atoms with E-state index in [0.29, 0.717) is 5.92 Å². The zero-order valence-corrected chi connectivity index (χ0v) is 14.2. The first-order chi connectivity index (χ1) is 7.90. The molecule has 1 rings (SSSR count). The van der Waals surface area contributed by atoms with Crippen molar-refractivity contribution in [1.82, 2.24) is 5.32 Å². The molecule has 96 valence electrons. The average molecular weight is 383 g/mol. The minimum Gasteiger partial charge on any atom is -0.349 e. The number of nitrogens with one attached hydrogen (secondary N) is 1. The molecule has 1 aromatic heterocycles. The van der Waals surface area contributed by atoms with Crippen LogP contribution < -0.4 is 5.32 Å². The summed E-state index contributed by atoms with van der Waals surface area (Å²) in [4.78, 5) is 12.7. The van der Waals surface area contributed by atoms with Gasteiger partial charge in [0.05, 0.1) is 8.66 Å². The van der Waals surface area contributed by atoms with Gasteiger partial charge in [0.1, 0.15) is 0 Å². The molecule has 0 saturated carbocycles. The Morgan fingerprint density at radius 1 is 1.35 bits per heavy atom. The second-order valence-corrected chi connectivity index (χ2v) is 7.80. The quantitative estimate of drug-likeness (QED) is 0.776. The fourth-order valence-corrected chi connectivity index (χ4v) is 3.35. The molecule has 1 aromatic rings. The van der Waals surface area contributed by atoms with E-state index in [2.05, 4.69) is 57.9 Å². The van der Waals surface area contributed by atoms with Crippen LogP contribution in [0.1, 0.15) is 43.3 Å². The SMILES string of the molecule is CC(C)CC[C@@H](C)NC(=O)c1cc(Br)c(Br)s1. The molecule has 0 unspecified atom stereocenters. The normalized spacial score (nSPS) is 12.8. The van der Waals surface area contributed by atoms with Gasteiger partial charge in [0.15, 0.2) is 0 Å². The highest BCUT2D eigenvalue weighted by Gasteiger charge is 2.14. The summed E-state index contributed by atoms with van der Waals surface area (Å²) in [6.07, 6.45) is 2.16. The van der Waals surface area contributed by atoms with Gasteiger partial charge in [-0.3, -0.25) is 4.79 Å². The molecule has 0 aliphatic carbocycles. The maximum absolute atomic E-state index is 11.9. The van der Waals surface area contributed by atoms with E-state index in [-0.39, 0.29) is 11.9 Å². The molecule has 0 spiro atoms. The molecule has 0 aliphatic heterocycles. The molecule has 0 fully saturated rings. The number of thiophene rings is 1. The van der Waals surface area contributed by atoms with E-state index in [1.165, 1.54) is 11.3 Å². The van der Waals surface area contributed by atoms with Crippen molar-refractivity contribution < 1.29 is 4.79 Å². The number of carbonyl (C=O) groups is 1. The van der Waals surface area contributed by atoms with Crippen LogP contribution in [0.3, 0.4) is 0 Å². The lowest BCUT2D eigenvalue weighted by molar-refractivity contribution is 0.0941. The lowest BCUT2D eigenvalue weighted by Gasteiger charge is -2.14. The maximum atomic E-state index is 11.9. The van der Waals surface area contributed by atoms with Crippen molar-refractivity contribution in [3.8, 4) is 0 Å². The third kappa shape index (κ3) is 5.10. The summed E-state index contributed by atoms with van der Waals surface area (Å²) in [7, 11) is 0. The first kappa shape index (κ1) is 15.2. The van der Waals surface area contributed by atoms with E-state index in [9.17, 15) is 4.79 Å². The number of rotatable bonds is 5. The summed E-state index contributed by atoms with van der Waals surface area (Å²) in [6.45, 7) is 6.45. The van der Waals surface area contributed by atoms with Crippen molar-refractivity contribution >= 4 is 49.1 Å². The molecule has 0 radical (unpaired) electrons. The van der Waals surface area contributed by atoms with Gasteiger partial charge in [0.25, 0.3) is 5.91 Å². The van der Waals surface area contributed by atoms with Crippen molar-refractivity contribution in [1.29, 1.82) is 0 Å². The second-order valence-electron chi connectivity index (χ2n) is 4.58. The first-order valence-electron chi connectivity index (χ1n) is 5.65. The van der Waals surface area contributed by atoms with Gasteiger partial charge < -0.3 is 5.32 Å². The van der Waals surface area contributed by atoms with Gasteiger partial charge in [-0.25, -0.2) is 0 Å². The van der Waals surface area contributed by atoms with Crippen molar-refractivity contribution in [2.75, 3.05) is 0 Å². The predicted octanol–water partition coefficient (Wildman–Crippen LogP) is 4.83. The van der Waals surface area contributed by atoms with Gasteiger partial charge >= 0.3 is 0 Å². The number of hydrogen-bond donors (Lipinski definition) is 1. The summed E-state index contributed by atoms with van der Waals surface area (Å²) in [5.41, 5.74) is 0. The van der Waals surface area contributed by atoms with Crippen LogP contribution in [0.25, 0.3) is 0 Å². The van der Waals surface area contributed by atoms with Gasteiger partial charge in [0.2, 0.25) is 0 Å². The fourth-order valence-electron chi connectivity index (χ4n) is 1.41. The molecule has 1 heterocycles. The van der Waals surface area contributed by atoms with Crippen LogP contribution in [0.15, 0.2) is 14.3 Å². The number of hydrogen-bond acceptors (Lipinski definition) is 2. The highest BCUT2D eigenvalue weighted by molar-refractivity contribution is 9.13. The van der Waals surface area contributed by atoms with Crippen LogP contribution in [-0.4, -0.2) is 11.9 Å². The van der Waals surface area contributed by atoms with Gasteiger partial charge in [0, 0.05) is 10.5 Å². The molecule has 5 heteroatoms. The zero-order chi connectivity index (χ0) is 13.0. The Labute approximate surface area is 123 Å². The molecule has 0 bridgehead atoms. The van der Waals surface area contributed by atoms with Crippen LogP contribution in [0, 0.1) is 5.92 Å². The molecule has 1 N–H and O–H groups in total. The largest absolute Gasteiger partial charge is 0.349 e. The van der Waals surface area contributed by atoms with Crippen LogP contribution >= 0.6 is 43.2 Å². The zero-order valence-electron chi connectivity index (χ0n) is 10.2. The van der Waals surface area contributed by atoms with E-state index < -0.39 is 0 Å². The van der Waals surface area contributed by atoms with Gasteiger partial charge in [-0.1, -0.05) is 13.8 Å². The molecular weight excluding hydrogens is 366 g/mol. The molecule has 1 atom stereocenters. The predicted molar refractivity (Wildman–Crippen MR) is 80.7 cm³/mol. The Kier molecular flexibility index (Phi) is 6.17. The molecule has 1 amide bonds. The van der Waals surface area contributed by atoms with Gasteiger partial charge in [-0.15, -0.1) is 11.3 Å². The van der Waals surface area contributed by atoms with Crippen molar-refractivity contribution in [2.45, 2.75) is 39.7 Å². The van der Waals surface area contributed by atoms with Crippen LogP contribution in [0.5, 0.6) is 0 Å². The topological polar surface area (TPSA) is 29.1 Å². The summed E-state index contributed by atoms with van der Waals surface area (Å²) >= 11 is 8.22. The molecule has 17 heavy (non-hydrogen) atoms. The van der Waals surface area contributed by atoms with Crippen LogP contribution in [0.2, 0.25) is 0 Å². The smallest absolute Gasteiger partial charge is 0.261 e. The maximum Gasteiger partial charge on any atom is 0.261 e. The Morgan fingerprint density at radius 3 is 2.47 bits per heavy atom. The van der Waals surface area contributed by atoms with E-state index in [4.69, 9.17) is 0 Å². The fraction of sp³-hybridized carbons (Fsp3) is 0.583. The Morgan fingerprint density at radius 2 is 2.00 bits per heavy atom. The highest BCUT2D eigenvalue weighted by atomic mass is 79.9. The second kappa shape index (κ2) is 6.90. The van der Waals surface area contributed by atoms with E-state index in [1.807, 2.05) is 6.07 Å². The summed E-state index contributed by atoms with van der Waals surface area (Å²) in [6, 6.07) is 2.07. The Balaban J connectivity index is 2.48. The molecular formula is C12H17Br2NOS. The lowest BCUT2D eigenvalue weighted by Crippen LogP contribution is -2.32. The van der Waals surface area contributed by atoms with Crippen molar-refractivity contribution in [3.63, 3.8) is 0 Å². The Bertz CT molecular complexity index is 370. The van der Waals surface area contributed by atoms with Gasteiger partial charge in [-0.2, -0.15) is 0 Å². The summed E-state index contributed by atoms with van der Waals surface area (Å²) in [5.74, 6) is 0.692. The standard InChI is InChI=1S/C12H17Br2NOS/c1-7(2)4-5-8(3)15-12(16)10-6-9(13)11(14)17-10/h6-8H,4-5H2,1-3H3,(H,15,16)/t8-/m1/s1. The molecule has 0 saturated heterocycles. The first-order valence-corrected chi connectivity index (χ1v) is 8.06. The molecule has 0 aliphatic rings. The Hall–Kier alpha value is 0.130. The average Bonchev–Trinajstić information content (AvgIpc) is 2.56.